The van der Waals surface area contributed by atoms with E-state index in [0.717, 1.165) is 11.3 Å². The minimum Gasteiger partial charge on any atom is -0.486 e. The van der Waals surface area contributed by atoms with Crippen LogP contribution in [0.4, 0.5) is 0 Å². The van der Waals surface area contributed by atoms with Crippen molar-refractivity contribution in [3.8, 4) is 5.75 Å². The normalized spacial score (nSPS) is 15.0. The van der Waals surface area contributed by atoms with E-state index in [1.165, 1.54) is 27.8 Å². The number of carbonyl (C=O) groups is 1. The number of nitrogens with zero attached hydrogens (tertiary/aromatic N) is 3. The van der Waals surface area contributed by atoms with E-state index < -0.39 is 10.0 Å². The molecule has 1 amide bonds. The predicted molar refractivity (Wildman–Crippen MR) is 124 cm³/mol. The molecule has 0 saturated carbocycles. The van der Waals surface area contributed by atoms with Crippen molar-refractivity contribution in [3.63, 3.8) is 0 Å². The number of benzene rings is 2. The van der Waals surface area contributed by atoms with Crippen LogP contribution in [0.1, 0.15) is 21.1 Å². The lowest BCUT2D eigenvalue weighted by Gasteiger charge is -2.33. The minimum atomic E-state index is -3.65. The summed E-state index contributed by atoms with van der Waals surface area (Å²) in [7, 11) is -3.65. The molecule has 0 N–H and O–H groups in total. The Balaban J connectivity index is 1.34. The van der Waals surface area contributed by atoms with E-state index in [-0.39, 0.29) is 30.5 Å². The Morgan fingerprint density at radius 2 is 1.84 bits per heavy atom. The van der Waals surface area contributed by atoms with Crippen LogP contribution in [0, 0.1) is 6.92 Å². The second-order valence-electron chi connectivity index (χ2n) is 7.38. The van der Waals surface area contributed by atoms with E-state index in [4.69, 9.17) is 16.3 Å². The first-order valence-corrected chi connectivity index (χ1v) is 12.7. The molecule has 0 atom stereocenters. The monoisotopic (exact) mass is 491 g/mol. The molecule has 4 rings (SSSR count). The number of halogens is 1. The van der Waals surface area contributed by atoms with Crippen LogP contribution >= 0.6 is 22.9 Å². The molecule has 0 aliphatic carbocycles. The molecule has 2 aromatic carbocycles. The van der Waals surface area contributed by atoms with Crippen molar-refractivity contribution in [1.29, 1.82) is 0 Å². The third-order valence-corrected chi connectivity index (χ3v) is 8.07. The van der Waals surface area contributed by atoms with Crippen LogP contribution in [0.2, 0.25) is 5.02 Å². The number of ether oxygens (including phenoxy) is 1. The molecular weight excluding hydrogens is 470 g/mol. The van der Waals surface area contributed by atoms with Gasteiger partial charge in [0.1, 0.15) is 23.1 Å². The maximum Gasteiger partial charge on any atom is 0.273 e. The van der Waals surface area contributed by atoms with Gasteiger partial charge in [0, 0.05) is 36.6 Å². The molecule has 7 nitrogen and oxygen atoms in total. The zero-order valence-corrected chi connectivity index (χ0v) is 19.8. The maximum atomic E-state index is 12.8. The van der Waals surface area contributed by atoms with E-state index in [9.17, 15) is 13.2 Å². The molecule has 1 aliphatic heterocycles. The van der Waals surface area contributed by atoms with Gasteiger partial charge in [-0.25, -0.2) is 13.4 Å². The number of aryl methyl sites for hydroxylation is 1. The van der Waals surface area contributed by atoms with Gasteiger partial charge in [0.05, 0.1) is 4.90 Å². The number of rotatable bonds is 6. The van der Waals surface area contributed by atoms with Gasteiger partial charge in [-0.3, -0.25) is 4.79 Å². The highest BCUT2D eigenvalue weighted by molar-refractivity contribution is 7.89. The van der Waals surface area contributed by atoms with E-state index in [2.05, 4.69) is 4.98 Å². The summed E-state index contributed by atoms with van der Waals surface area (Å²) < 4.78 is 32.8. The molecule has 0 unspecified atom stereocenters. The minimum absolute atomic E-state index is 0.155. The number of amides is 1. The molecule has 1 saturated heterocycles. The van der Waals surface area contributed by atoms with Crippen LogP contribution in [0.15, 0.2) is 58.8 Å². The van der Waals surface area contributed by atoms with Gasteiger partial charge in [-0.1, -0.05) is 35.4 Å². The molecule has 1 fully saturated rings. The number of hydrogen-bond donors (Lipinski definition) is 0. The number of sulfonamides is 1. The highest BCUT2D eigenvalue weighted by Gasteiger charge is 2.31. The summed E-state index contributed by atoms with van der Waals surface area (Å²) in [5.74, 6) is 0.540. The third kappa shape index (κ3) is 5.12. The molecule has 168 valence electrons. The van der Waals surface area contributed by atoms with Crippen LogP contribution in [-0.4, -0.2) is 54.7 Å². The SMILES string of the molecule is Cc1ccc(OCc2nc(C(=O)N3CCN(S(=O)(=O)c4cccc(Cl)c4)CC3)cs2)cc1. The number of aromatic nitrogens is 1. The Bertz CT molecular complexity index is 1200. The lowest BCUT2D eigenvalue weighted by atomic mass is 10.2. The van der Waals surface area contributed by atoms with Crippen molar-refractivity contribution >= 4 is 38.9 Å². The fourth-order valence-electron chi connectivity index (χ4n) is 3.33. The van der Waals surface area contributed by atoms with Crippen molar-refractivity contribution in [3.05, 3.63) is 75.2 Å². The molecule has 1 aromatic heterocycles. The number of hydrogen-bond acceptors (Lipinski definition) is 6. The Morgan fingerprint density at radius 1 is 1.12 bits per heavy atom. The molecule has 0 bridgehead atoms. The van der Waals surface area contributed by atoms with Crippen LogP contribution in [0.5, 0.6) is 5.75 Å². The highest BCUT2D eigenvalue weighted by atomic mass is 35.5. The Hall–Kier alpha value is -2.46. The molecule has 2 heterocycles. The number of carbonyl (C=O) groups excluding carboxylic acids is 1. The first-order valence-electron chi connectivity index (χ1n) is 10.0. The zero-order valence-electron chi connectivity index (χ0n) is 17.4. The average Bonchev–Trinajstić information content (AvgIpc) is 3.27. The van der Waals surface area contributed by atoms with Gasteiger partial charge in [-0.2, -0.15) is 4.31 Å². The molecule has 32 heavy (non-hydrogen) atoms. The van der Waals surface area contributed by atoms with E-state index in [1.54, 1.807) is 22.4 Å². The summed E-state index contributed by atoms with van der Waals surface area (Å²) in [6, 6.07) is 13.9. The largest absolute Gasteiger partial charge is 0.486 e. The van der Waals surface area contributed by atoms with Crippen molar-refractivity contribution in [2.24, 2.45) is 0 Å². The summed E-state index contributed by atoms with van der Waals surface area (Å²) in [6.45, 7) is 3.32. The summed E-state index contributed by atoms with van der Waals surface area (Å²) in [6.07, 6.45) is 0. The van der Waals surface area contributed by atoms with Gasteiger partial charge in [0.25, 0.3) is 5.91 Å². The topological polar surface area (TPSA) is 79.8 Å². The highest BCUT2D eigenvalue weighted by Crippen LogP contribution is 2.22. The Labute approximate surface area is 196 Å². The van der Waals surface area contributed by atoms with E-state index in [1.807, 2.05) is 31.2 Å². The van der Waals surface area contributed by atoms with Crippen LogP contribution in [0.25, 0.3) is 0 Å². The lowest BCUT2D eigenvalue weighted by molar-refractivity contribution is 0.0692. The van der Waals surface area contributed by atoms with Crippen LogP contribution in [0.3, 0.4) is 0 Å². The predicted octanol–water partition coefficient (Wildman–Crippen LogP) is 3.83. The molecule has 3 aromatic rings. The maximum absolute atomic E-state index is 12.8. The Kier molecular flexibility index (Phi) is 6.80. The van der Waals surface area contributed by atoms with Gasteiger partial charge >= 0.3 is 0 Å². The van der Waals surface area contributed by atoms with Crippen molar-refractivity contribution in [1.82, 2.24) is 14.2 Å². The molecule has 0 radical (unpaired) electrons. The third-order valence-electron chi connectivity index (χ3n) is 5.11. The molecular formula is C22H22ClN3O4S2. The van der Waals surface area contributed by atoms with E-state index >= 15 is 0 Å². The van der Waals surface area contributed by atoms with E-state index in [0.29, 0.717) is 28.8 Å². The Morgan fingerprint density at radius 3 is 2.53 bits per heavy atom. The molecule has 0 spiro atoms. The number of thiazole rings is 1. The van der Waals surface area contributed by atoms with Gasteiger partial charge in [-0.05, 0) is 37.3 Å². The van der Waals surface area contributed by atoms with Gasteiger partial charge in [0.2, 0.25) is 10.0 Å². The summed E-state index contributed by atoms with van der Waals surface area (Å²) in [5, 5.41) is 2.78. The van der Waals surface area contributed by atoms with Crippen LogP contribution < -0.4 is 4.74 Å². The van der Waals surface area contributed by atoms with Gasteiger partial charge < -0.3 is 9.64 Å². The standard InChI is InChI=1S/C22H22ClN3O4S2/c1-16-5-7-18(8-6-16)30-14-21-24-20(15-31-21)22(27)25-9-11-26(12-10-25)32(28,29)19-4-2-3-17(23)13-19/h2-8,13,15H,9-12,14H2,1H3. The second-order valence-corrected chi connectivity index (χ2v) is 10.7. The smallest absolute Gasteiger partial charge is 0.273 e. The van der Waals surface area contributed by atoms with Crippen molar-refractivity contribution in [2.75, 3.05) is 26.2 Å². The second kappa shape index (κ2) is 9.58. The fourth-order valence-corrected chi connectivity index (χ4v) is 5.73. The van der Waals surface area contributed by atoms with Crippen molar-refractivity contribution < 1.29 is 17.9 Å². The molecule has 10 heteroatoms. The van der Waals surface area contributed by atoms with Gasteiger partial charge in [0.15, 0.2) is 0 Å². The molecule has 1 aliphatic rings. The fraction of sp³-hybridized carbons (Fsp3) is 0.273. The first-order chi connectivity index (χ1) is 15.3. The zero-order chi connectivity index (χ0) is 22.7. The average molecular weight is 492 g/mol. The number of piperazine rings is 1. The summed E-state index contributed by atoms with van der Waals surface area (Å²) in [4.78, 5) is 19.0. The van der Waals surface area contributed by atoms with Crippen LogP contribution in [-0.2, 0) is 16.6 Å². The summed E-state index contributed by atoms with van der Waals surface area (Å²) in [5.41, 5.74) is 1.50. The quantitative estimate of drug-likeness (QED) is 0.523. The summed E-state index contributed by atoms with van der Waals surface area (Å²) >= 11 is 7.30. The van der Waals surface area contributed by atoms with Gasteiger partial charge in [-0.15, -0.1) is 11.3 Å². The first kappa shape index (κ1) is 22.7. The lowest BCUT2D eigenvalue weighted by Crippen LogP contribution is -2.50. The van der Waals surface area contributed by atoms with Crippen molar-refractivity contribution in [2.45, 2.75) is 18.4 Å².